The molecule has 0 aromatic carbocycles. The Hall–Kier alpha value is -2.36. The largest absolute Gasteiger partial charge is 0.454 e. The predicted octanol–water partition coefficient (Wildman–Crippen LogP) is -2.19. The highest BCUT2D eigenvalue weighted by Crippen LogP contribution is 2.18. The molecule has 1 aliphatic rings. The number of nitrogens with one attached hydrogen (secondary N) is 1. The van der Waals surface area contributed by atoms with E-state index in [0.717, 1.165) is 6.21 Å². The van der Waals surface area contributed by atoms with Crippen LogP contribution in [-0.2, 0) is 9.53 Å². The number of aliphatic hydroxyl groups excluding tert-OH is 3. The maximum Gasteiger partial charge on any atom is 0.338 e. The van der Waals surface area contributed by atoms with Crippen molar-refractivity contribution in [1.82, 2.24) is 10.4 Å². The number of amides is 1. The standard InChI is InChI=1S/C12H13N3O6/c16-7(10-8(17)9(18)12(20)21-10)5-14-15-11(19)6-1-3-13-4-2-6/h1-5,7-10,16-18H,(H,15,19)/b14-5-/t7-,8+,9-,10+/m0/s1. The lowest BCUT2D eigenvalue weighted by Crippen LogP contribution is -2.39. The minimum Gasteiger partial charge on any atom is -0.454 e. The third kappa shape index (κ3) is 3.40. The maximum absolute atomic E-state index is 11.6. The molecule has 4 N–H and O–H groups in total. The van der Waals surface area contributed by atoms with Gasteiger partial charge < -0.3 is 20.1 Å². The highest BCUT2D eigenvalue weighted by molar-refractivity contribution is 5.94. The molecular weight excluding hydrogens is 282 g/mol. The van der Waals surface area contributed by atoms with Crippen LogP contribution in [0.1, 0.15) is 10.4 Å². The highest BCUT2D eigenvalue weighted by Gasteiger charge is 2.45. The van der Waals surface area contributed by atoms with Crippen molar-refractivity contribution in [3.05, 3.63) is 30.1 Å². The fourth-order valence-corrected chi connectivity index (χ4v) is 1.69. The summed E-state index contributed by atoms with van der Waals surface area (Å²) in [6.45, 7) is 0. The molecule has 0 bridgehead atoms. The Labute approximate surface area is 118 Å². The SMILES string of the molecule is O=C(N/N=C\[C@H](O)[C@H]1OC(=O)[C@@H](O)[C@H]1O)c1ccncc1. The van der Waals surface area contributed by atoms with Crippen LogP contribution in [-0.4, -0.2) is 62.8 Å². The quantitative estimate of drug-likeness (QED) is 0.281. The molecule has 1 aliphatic heterocycles. The Balaban J connectivity index is 1.90. The molecule has 0 aliphatic carbocycles. The summed E-state index contributed by atoms with van der Waals surface area (Å²) in [6, 6.07) is 2.94. The molecular formula is C12H13N3O6. The summed E-state index contributed by atoms with van der Waals surface area (Å²) < 4.78 is 4.59. The lowest BCUT2D eigenvalue weighted by molar-refractivity contribution is -0.149. The van der Waals surface area contributed by atoms with Crippen LogP contribution in [0.5, 0.6) is 0 Å². The summed E-state index contributed by atoms with van der Waals surface area (Å²) in [5, 5.41) is 31.8. The van der Waals surface area contributed by atoms with E-state index in [2.05, 4.69) is 20.2 Å². The molecule has 21 heavy (non-hydrogen) atoms. The number of rotatable bonds is 4. The van der Waals surface area contributed by atoms with Crippen LogP contribution in [0, 0.1) is 0 Å². The van der Waals surface area contributed by atoms with E-state index in [-0.39, 0.29) is 0 Å². The Morgan fingerprint density at radius 2 is 2.10 bits per heavy atom. The number of pyridine rings is 1. The summed E-state index contributed by atoms with van der Waals surface area (Å²) in [7, 11) is 0. The monoisotopic (exact) mass is 295 g/mol. The number of aromatic nitrogens is 1. The van der Waals surface area contributed by atoms with Gasteiger partial charge in [0.1, 0.15) is 12.2 Å². The number of esters is 1. The van der Waals surface area contributed by atoms with Gasteiger partial charge in [-0.25, -0.2) is 10.2 Å². The van der Waals surface area contributed by atoms with E-state index in [1.807, 2.05) is 0 Å². The van der Waals surface area contributed by atoms with Crippen LogP contribution in [0.25, 0.3) is 0 Å². The van der Waals surface area contributed by atoms with E-state index in [9.17, 15) is 24.9 Å². The molecule has 0 spiro atoms. The number of hydrogen-bond acceptors (Lipinski definition) is 8. The maximum atomic E-state index is 11.6. The number of hydrazone groups is 1. The van der Waals surface area contributed by atoms with E-state index < -0.39 is 36.3 Å². The van der Waals surface area contributed by atoms with E-state index in [4.69, 9.17) is 0 Å². The second-order valence-electron chi connectivity index (χ2n) is 4.28. The van der Waals surface area contributed by atoms with Gasteiger partial charge in [0.2, 0.25) is 0 Å². The molecule has 2 rings (SSSR count). The van der Waals surface area contributed by atoms with Gasteiger partial charge in [-0.3, -0.25) is 9.78 Å². The van der Waals surface area contributed by atoms with E-state index >= 15 is 0 Å². The average Bonchev–Trinajstić information content (AvgIpc) is 2.75. The average molecular weight is 295 g/mol. The molecule has 9 nitrogen and oxygen atoms in total. The molecule has 1 amide bonds. The van der Waals surface area contributed by atoms with E-state index in [0.29, 0.717) is 5.56 Å². The third-order valence-corrected chi connectivity index (χ3v) is 2.83. The number of hydrogen-bond donors (Lipinski definition) is 4. The minimum absolute atomic E-state index is 0.319. The van der Waals surface area contributed by atoms with Crippen molar-refractivity contribution in [3.63, 3.8) is 0 Å². The summed E-state index contributed by atoms with van der Waals surface area (Å²) in [5.41, 5.74) is 2.47. The zero-order valence-electron chi connectivity index (χ0n) is 10.7. The first-order valence-corrected chi connectivity index (χ1v) is 5.99. The molecule has 1 fully saturated rings. The van der Waals surface area contributed by atoms with Crippen molar-refractivity contribution < 1.29 is 29.6 Å². The van der Waals surface area contributed by atoms with Gasteiger partial charge in [0.25, 0.3) is 5.91 Å². The minimum atomic E-state index is -1.70. The van der Waals surface area contributed by atoms with Gasteiger partial charge >= 0.3 is 5.97 Å². The topological polar surface area (TPSA) is 141 Å². The highest BCUT2D eigenvalue weighted by atomic mass is 16.6. The zero-order valence-corrected chi connectivity index (χ0v) is 10.7. The zero-order chi connectivity index (χ0) is 15.4. The van der Waals surface area contributed by atoms with E-state index in [1.165, 1.54) is 24.5 Å². The smallest absolute Gasteiger partial charge is 0.338 e. The predicted molar refractivity (Wildman–Crippen MR) is 68.1 cm³/mol. The van der Waals surface area contributed by atoms with Gasteiger partial charge in [-0.1, -0.05) is 0 Å². The second-order valence-corrected chi connectivity index (χ2v) is 4.28. The summed E-state index contributed by atoms with van der Waals surface area (Å²) in [5.74, 6) is -1.55. The van der Waals surface area contributed by atoms with E-state index in [1.54, 1.807) is 0 Å². The molecule has 0 radical (unpaired) electrons. The van der Waals surface area contributed by atoms with Crippen LogP contribution in [0.4, 0.5) is 0 Å². The Kier molecular flexibility index (Phi) is 4.58. The number of nitrogens with zero attached hydrogens (tertiary/aromatic N) is 2. The van der Waals surface area contributed by atoms with Crippen molar-refractivity contribution in [2.24, 2.45) is 5.10 Å². The molecule has 4 atom stereocenters. The molecule has 0 unspecified atom stereocenters. The first-order chi connectivity index (χ1) is 10.0. The van der Waals surface area contributed by atoms with Crippen molar-refractivity contribution in [2.45, 2.75) is 24.4 Å². The van der Waals surface area contributed by atoms with Crippen LogP contribution in [0.15, 0.2) is 29.6 Å². The molecule has 1 aromatic heterocycles. The normalized spacial score (nSPS) is 26.6. The molecule has 1 aromatic rings. The van der Waals surface area contributed by atoms with Gasteiger partial charge in [-0.2, -0.15) is 5.10 Å². The third-order valence-electron chi connectivity index (χ3n) is 2.83. The summed E-state index contributed by atoms with van der Waals surface area (Å²) >= 11 is 0. The summed E-state index contributed by atoms with van der Waals surface area (Å²) in [6.07, 6.45) is -2.32. The van der Waals surface area contributed by atoms with Gasteiger partial charge in [0.15, 0.2) is 12.2 Å². The van der Waals surface area contributed by atoms with Crippen molar-refractivity contribution in [3.8, 4) is 0 Å². The van der Waals surface area contributed by atoms with Gasteiger partial charge in [-0.05, 0) is 12.1 Å². The molecule has 1 saturated heterocycles. The Morgan fingerprint density at radius 1 is 1.43 bits per heavy atom. The fourth-order valence-electron chi connectivity index (χ4n) is 1.69. The number of aliphatic hydroxyl groups is 3. The first-order valence-electron chi connectivity index (χ1n) is 5.99. The van der Waals surface area contributed by atoms with Crippen LogP contribution in [0.3, 0.4) is 0 Å². The van der Waals surface area contributed by atoms with Gasteiger partial charge in [-0.15, -0.1) is 0 Å². The lowest BCUT2D eigenvalue weighted by Gasteiger charge is -2.16. The molecule has 9 heteroatoms. The summed E-state index contributed by atoms with van der Waals surface area (Å²) in [4.78, 5) is 26.4. The van der Waals surface area contributed by atoms with Gasteiger partial charge in [0, 0.05) is 18.0 Å². The van der Waals surface area contributed by atoms with Gasteiger partial charge in [0.05, 0.1) is 6.21 Å². The van der Waals surface area contributed by atoms with Crippen molar-refractivity contribution in [1.29, 1.82) is 0 Å². The number of cyclic esters (lactones) is 1. The van der Waals surface area contributed by atoms with Crippen LogP contribution >= 0.6 is 0 Å². The lowest BCUT2D eigenvalue weighted by atomic mass is 10.1. The Morgan fingerprint density at radius 3 is 2.67 bits per heavy atom. The molecule has 0 saturated carbocycles. The number of ether oxygens (including phenoxy) is 1. The number of carbonyl (C=O) groups excluding carboxylic acids is 2. The first kappa shape index (κ1) is 15.0. The fraction of sp³-hybridized carbons (Fsp3) is 0.333. The van der Waals surface area contributed by atoms with Crippen molar-refractivity contribution in [2.75, 3.05) is 0 Å². The van der Waals surface area contributed by atoms with Crippen LogP contribution < -0.4 is 5.43 Å². The second kappa shape index (κ2) is 6.39. The molecule has 2 heterocycles. The van der Waals surface area contributed by atoms with Crippen LogP contribution in [0.2, 0.25) is 0 Å². The Bertz CT molecular complexity index is 549. The number of carbonyl (C=O) groups is 2. The molecule has 112 valence electrons. The van der Waals surface area contributed by atoms with Crippen molar-refractivity contribution >= 4 is 18.1 Å².